The molecule has 0 saturated carbocycles. The van der Waals surface area contributed by atoms with Gasteiger partial charge in [-0.3, -0.25) is 0 Å². The first kappa shape index (κ1) is 12.3. The smallest absolute Gasteiger partial charge is 0.213 e. The number of aryl methyl sites for hydroxylation is 1. The van der Waals surface area contributed by atoms with Gasteiger partial charge in [0.25, 0.3) is 0 Å². The minimum atomic E-state index is -0.475. The average molecular weight is 240 g/mol. The second-order valence-electron chi connectivity index (χ2n) is 4.04. The lowest BCUT2D eigenvalue weighted by Gasteiger charge is -2.08. The van der Waals surface area contributed by atoms with Gasteiger partial charge in [-0.2, -0.15) is 9.65 Å². The third kappa shape index (κ3) is 2.54. The maximum atomic E-state index is 13.2. The van der Waals surface area contributed by atoms with Gasteiger partial charge in [-0.25, -0.2) is 4.98 Å². The summed E-state index contributed by atoms with van der Waals surface area (Å²) in [5, 5.41) is 9.03. The standard InChI is InChI=1S/C15H13FN2/c1-2-11-7-8-15(16)18-14(11)9-12-5-3-4-6-13(12)10-17/h3-8H,2,9H2,1H3. The Morgan fingerprint density at radius 1 is 1.17 bits per heavy atom. The summed E-state index contributed by atoms with van der Waals surface area (Å²) in [5.41, 5.74) is 3.22. The van der Waals surface area contributed by atoms with Crippen LogP contribution in [0.1, 0.15) is 29.3 Å². The van der Waals surface area contributed by atoms with Gasteiger partial charge in [-0.1, -0.05) is 31.2 Å². The van der Waals surface area contributed by atoms with Crippen molar-refractivity contribution in [3.05, 3.63) is 64.7 Å². The molecule has 0 unspecified atom stereocenters. The molecule has 3 heteroatoms. The Morgan fingerprint density at radius 3 is 2.67 bits per heavy atom. The number of nitriles is 1. The molecule has 0 aliphatic carbocycles. The zero-order valence-corrected chi connectivity index (χ0v) is 10.2. The lowest BCUT2D eigenvalue weighted by Crippen LogP contribution is -2.01. The number of pyridine rings is 1. The molecule has 2 aromatic rings. The number of rotatable bonds is 3. The van der Waals surface area contributed by atoms with Gasteiger partial charge in [-0.05, 0) is 29.7 Å². The van der Waals surface area contributed by atoms with E-state index in [1.165, 1.54) is 6.07 Å². The topological polar surface area (TPSA) is 36.7 Å². The Bertz CT molecular complexity index is 600. The number of benzene rings is 1. The molecule has 1 aromatic heterocycles. The fourth-order valence-corrected chi connectivity index (χ4v) is 1.94. The van der Waals surface area contributed by atoms with Crippen LogP contribution in [-0.2, 0) is 12.8 Å². The predicted molar refractivity (Wildman–Crippen MR) is 67.5 cm³/mol. The fourth-order valence-electron chi connectivity index (χ4n) is 1.94. The lowest BCUT2D eigenvalue weighted by atomic mass is 10.00. The van der Waals surface area contributed by atoms with Crippen molar-refractivity contribution in [3.8, 4) is 6.07 Å². The Labute approximate surface area is 106 Å². The molecule has 0 aliphatic heterocycles. The van der Waals surface area contributed by atoms with Crippen molar-refractivity contribution in [2.24, 2.45) is 0 Å². The van der Waals surface area contributed by atoms with Gasteiger partial charge in [0.1, 0.15) is 0 Å². The van der Waals surface area contributed by atoms with Crippen LogP contribution in [0.3, 0.4) is 0 Å². The van der Waals surface area contributed by atoms with E-state index in [0.29, 0.717) is 17.7 Å². The SMILES string of the molecule is CCc1ccc(F)nc1Cc1ccccc1C#N. The van der Waals surface area contributed by atoms with Gasteiger partial charge < -0.3 is 0 Å². The number of hydrogen-bond acceptors (Lipinski definition) is 2. The van der Waals surface area contributed by atoms with Crippen molar-refractivity contribution < 1.29 is 4.39 Å². The summed E-state index contributed by atoms with van der Waals surface area (Å²) in [6, 6.07) is 12.6. The summed E-state index contributed by atoms with van der Waals surface area (Å²) < 4.78 is 13.2. The maximum absolute atomic E-state index is 13.2. The van der Waals surface area contributed by atoms with Gasteiger partial charge in [0.2, 0.25) is 5.95 Å². The molecule has 2 rings (SSSR count). The normalized spacial score (nSPS) is 10.1. The van der Waals surface area contributed by atoms with E-state index < -0.39 is 5.95 Å². The molecule has 0 atom stereocenters. The van der Waals surface area contributed by atoms with Crippen LogP contribution < -0.4 is 0 Å². The van der Waals surface area contributed by atoms with Crippen molar-refractivity contribution >= 4 is 0 Å². The van der Waals surface area contributed by atoms with Gasteiger partial charge in [0, 0.05) is 6.42 Å². The Kier molecular flexibility index (Phi) is 3.69. The lowest BCUT2D eigenvalue weighted by molar-refractivity contribution is 0.576. The van der Waals surface area contributed by atoms with E-state index in [1.807, 2.05) is 25.1 Å². The van der Waals surface area contributed by atoms with Crippen molar-refractivity contribution in [2.75, 3.05) is 0 Å². The first-order chi connectivity index (χ1) is 8.74. The van der Waals surface area contributed by atoms with E-state index in [4.69, 9.17) is 5.26 Å². The highest BCUT2D eigenvalue weighted by molar-refractivity contribution is 5.40. The fraction of sp³-hybridized carbons (Fsp3) is 0.200. The molecule has 0 aliphatic rings. The van der Waals surface area contributed by atoms with E-state index in [1.54, 1.807) is 12.1 Å². The molecule has 0 fully saturated rings. The van der Waals surface area contributed by atoms with Crippen LogP contribution in [0.15, 0.2) is 36.4 Å². The predicted octanol–water partition coefficient (Wildman–Crippen LogP) is 3.25. The molecule has 1 aromatic carbocycles. The van der Waals surface area contributed by atoms with Gasteiger partial charge >= 0.3 is 0 Å². The highest BCUT2D eigenvalue weighted by Gasteiger charge is 2.08. The van der Waals surface area contributed by atoms with Gasteiger partial charge in [0.15, 0.2) is 0 Å². The molecule has 0 bridgehead atoms. The molecular formula is C15H13FN2. The highest BCUT2D eigenvalue weighted by Crippen LogP contribution is 2.16. The monoisotopic (exact) mass is 240 g/mol. The molecule has 2 nitrogen and oxygen atoms in total. The minimum absolute atomic E-state index is 0.475. The number of hydrogen-bond donors (Lipinski definition) is 0. The largest absolute Gasteiger partial charge is 0.224 e. The summed E-state index contributed by atoms with van der Waals surface area (Å²) in [5.74, 6) is -0.475. The van der Waals surface area contributed by atoms with Crippen LogP contribution in [0.4, 0.5) is 4.39 Å². The summed E-state index contributed by atoms with van der Waals surface area (Å²) in [4.78, 5) is 3.94. The zero-order valence-electron chi connectivity index (χ0n) is 10.2. The third-order valence-corrected chi connectivity index (χ3v) is 2.91. The van der Waals surface area contributed by atoms with Crippen molar-refractivity contribution in [1.29, 1.82) is 5.26 Å². The third-order valence-electron chi connectivity index (χ3n) is 2.91. The van der Waals surface area contributed by atoms with Crippen LogP contribution >= 0.6 is 0 Å². The molecule has 0 amide bonds. The number of halogens is 1. The van der Waals surface area contributed by atoms with E-state index in [2.05, 4.69) is 11.1 Å². The molecule has 90 valence electrons. The van der Waals surface area contributed by atoms with E-state index in [9.17, 15) is 4.39 Å². The summed E-state index contributed by atoms with van der Waals surface area (Å²) in [6.45, 7) is 2.01. The van der Waals surface area contributed by atoms with Crippen LogP contribution in [0.5, 0.6) is 0 Å². The van der Waals surface area contributed by atoms with Gasteiger partial charge in [0.05, 0.1) is 17.3 Å². The first-order valence-corrected chi connectivity index (χ1v) is 5.87. The quantitative estimate of drug-likeness (QED) is 0.772. The van der Waals surface area contributed by atoms with Crippen LogP contribution in [0.25, 0.3) is 0 Å². The van der Waals surface area contributed by atoms with Gasteiger partial charge in [-0.15, -0.1) is 0 Å². The Balaban J connectivity index is 2.40. The number of nitrogens with zero attached hydrogens (tertiary/aromatic N) is 2. The molecule has 0 spiro atoms. The second kappa shape index (κ2) is 5.42. The maximum Gasteiger partial charge on any atom is 0.213 e. The molecule has 0 saturated heterocycles. The summed E-state index contributed by atoms with van der Waals surface area (Å²) in [6.07, 6.45) is 1.29. The van der Waals surface area contributed by atoms with Crippen LogP contribution in [0, 0.1) is 17.3 Å². The zero-order chi connectivity index (χ0) is 13.0. The van der Waals surface area contributed by atoms with Crippen molar-refractivity contribution in [3.63, 3.8) is 0 Å². The Hall–Kier alpha value is -2.21. The first-order valence-electron chi connectivity index (χ1n) is 5.87. The average Bonchev–Trinajstić information content (AvgIpc) is 2.40. The number of aromatic nitrogens is 1. The summed E-state index contributed by atoms with van der Waals surface area (Å²) in [7, 11) is 0. The van der Waals surface area contributed by atoms with E-state index in [0.717, 1.165) is 17.5 Å². The Morgan fingerprint density at radius 2 is 1.94 bits per heavy atom. The molecule has 0 radical (unpaired) electrons. The van der Waals surface area contributed by atoms with E-state index in [-0.39, 0.29) is 0 Å². The van der Waals surface area contributed by atoms with Crippen LogP contribution in [-0.4, -0.2) is 4.98 Å². The van der Waals surface area contributed by atoms with Crippen molar-refractivity contribution in [2.45, 2.75) is 19.8 Å². The molecular weight excluding hydrogens is 227 g/mol. The molecule has 18 heavy (non-hydrogen) atoms. The van der Waals surface area contributed by atoms with Crippen molar-refractivity contribution in [1.82, 2.24) is 4.98 Å². The van der Waals surface area contributed by atoms with E-state index >= 15 is 0 Å². The summed E-state index contributed by atoms with van der Waals surface area (Å²) >= 11 is 0. The molecule has 0 N–H and O–H groups in total. The molecule has 1 heterocycles. The second-order valence-corrected chi connectivity index (χ2v) is 4.04. The highest BCUT2D eigenvalue weighted by atomic mass is 19.1. The van der Waals surface area contributed by atoms with Crippen LogP contribution in [0.2, 0.25) is 0 Å². The minimum Gasteiger partial charge on any atom is -0.224 e.